The standard InChI is InChI=1S/C15H17N3O/c1-18-10-11(9-16-18)6-7-15(19)14-8-12-4-2-3-5-13(12)17-14/h2-5,9-10,14,17H,6-8H2,1H3. The van der Waals surface area contributed by atoms with Gasteiger partial charge in [0.15, 0.2) is 5.78 Å². The van der Waals surface area contributed by atoms with Crippen molar-refractivity contribution in [3.63, 3.8) is 0 Å². The molecule has 4 heteroatoms. The van der Waals surface area contributed by atoms with E-state index < -0.39 is 0 Å². The Balaban J connectivity index is 1.58. The van der Waals surface area contributed by atoms with E-state index in [4.69, 9.17) is 0 Å². The van der Waals surface area contributed by atoms with Crippen LogP contribution in [0.2, 0.25) is 0 Å². The molecule has 0 aliphatic carbocycles. The summed E-state index contributed by atoms with van der Waals surface area (Å²) in [5.74, 6) is 0.278. The van der Waals surface area contributed by atoms with Gasteiger partial charge in [-0.1, -0.05) is 18.2 Å². The average Bonchev–Trinajstić information content (AvgIpc) is 3.01. The van der Waals surface area contributed by atoms with Crippen molar-refractivity contribution in [1.29, 1.82) is 0 Å². The molecule has 3 rings (SSSR count). The van der Waals surface area contributed by atoms with E-state index in [0.717, 1.165) is 24.1 Å². The molecule has 0 saturated heterocycles. The molecule has 1 aromatic carbocycles. The first-order valence-electron chi connectivity index (χ1n) is 6.57. The average molecular weight is 255 g/mol. The van der Waals surface area contributed by atoms with Crippen LogP contribution < -0.4 is 5.32 Å². The van der Waals surface area contributed by atoms with Crippen LogP contribution in [0.1, 0.15) is 17.5 Å². The molecular formula is C15H17N3O. The molecule has 0 spiro atoms. The number of anilines is 1. The third kappa shape index (κ3) is 2.52. The maximum Gasteiger partial charge on any atom is 0.155 e. The number of benzene rings is 1. The first kappa shape index (κ1) is 12.0. The summed E-state index contributed by atoms with van der Waals surface area (Å²) >= 11 is 0. The summed E-state index contributed by atoms with van der Waals surface area (Å²) in [5, 5.41) is 7.42. The topological polar surface area (TPSA) is 46.9 Å². The van der Waals surface area contributed by atoms with Crippen molar-refractivity contribution in [2.45, 2.75) is 25.3 Å². The largest absolute Gasteiger partial charge is 0.375 e. The van der Waals surface area contributed by atoms with Gasteiger partial charge >= 0.3 is 0 Å². The highest BCUT2D eigenvalue weighted by Crippen LogP contribution is 2.26. The molecule has 1 aliphatic heterocycles. The van der Waals surface area contributed by atoms with Crippen molar-refractivity contribution in [2.75, 3.05) is 5.32 Å². The van der Waals surface area contributed by atoms with Gasteiger partial charge in [0.05, 0.1) is 12.2 Å². The quantitative estimate of drug-likeness (QED) is 0.908. The minimum absolute atomic E-state index is 0.0610. The van der Waals surface area contributed by atoms with E-state index in [-0.39, 0.29) is 11.8 Å². The van der Waals surface area contributed by atoms with Gasteiger partial charge in [-0.05, 0) is 23.6 Å². The fraction of sp³-hybridized carbons (Fsp3) is 0.333. The monoisotopic (exact) mass is 255 g/mol. The normalized spacial score (nSPS) is 17.0. The lowest BCUT2D eigenvalue weighted by Crippen LogP contribution is -2.27. The van der Waals surface area contributed by atoms with Crippen LogP contribution in [0, 0.1) is 0 Å². The van der Waals surface area contributed by atoms with E-state index >= 15 is 0 Å². The highest BCUT2D eigenvalue weighted by atomic mass is 16.1. The van der Waals surface area contributed by atoms with Gasteiger partial charge in [0.25, 0.3) is 0 Å². The predicted octanol–water partition coefficient (Wildman–Crippen LogP) is 1.96. The molecule has 1 atom stereocenters. The molecule has 0 fully saturated rings. The maximum absolute atomic E-state index is 12.2. The third-order valence-electron chi connectivity index (χ3n) is 3.58. The lowest BCUT2D eigenvalue weighted by molar-refractivity contribution is -0.119. The van der Waals surface area contributed by atoms with Crippen molar-refractivity contribution >= 4 is 11.5 Å². The number of fused-ring (bicyclic) bond motifs is 1. The molecule has 0 radical (unpaired) electrons. The number of aryl methyl sites for hydroxylation is 2. The zero-order valence-electron chi connectivity index (χ0n) is 11.0. The molecule has 0 bridgehead atoms. The molecule has 2 heterocycles. The Morgan fingerprint density at radius 3 is 3.05 bits per heavy atom. The van der Waals surface area contributed by atoms with Crippen molar-refractivity contribution in [3.05, 3.63) is 47.8 Å². The van der Waals surface area contributed by atoms with Gasteiger partial charge in [-0.3, -0.25) is 9.48 Å². The number of carbonyl (C=O) groups is 1. The van der Waals surface area contributed by atoms with Crippen LogP contribution in [-0.4, -0.2) is 21.6 Å². The van der Waals surface area contributed by atoms with Gasteiger partial charge in [0, 0.05) is 31.8 Å². The number of nitrogens with zero attached hydrogens (tertiary/aromatic N) is 2. The van der Waals surface area contributed by atoms with Crippen LogP contribution >= 0.6 is 0 Å². The Hall–Kier alpha value is -2.10. The summed E-state index contributed by atoms with van der Waals surface area (Å²) in [6, 6.07) is 8.06. The number of ketones is 1. The highest BCUT2D eigenvalue weighted by Gasteiger charge is 2.25. The number of hydrogen-bond acceptors (Lipinski definition) is 3. The van der Waals surface area contributed by atoms with Crippen LogP contribution in [0.25, 0.3) is 0 Å². The van der Waals surface area contributed by atoms with E-state index in [2.05, 4.69) is 16.5 Å². The lowest BCUT2D eigenvalue weighted by Gasteiger charge is -2.09. The summed E-state index contributed by atoms with van der Waals surface area (Å²) in [4.78, 5) is 12.2. The van der Waals surface area contributed by atoms with Crippen molar-refractivity contribution < 1.29 is 4.79 Å². The molecule has 98 valence electrons. The molecule has 0 amide bonds. The minimum Gasteiger partial charge on any atom is -0.375 e. The van der Waals surface area contributed by atoms with E-state index in [9.17, 15) is 4.79 Å². The second kappa shape index (κ2) is 4.88. The molecule has 1 aromatic heterocycles. The Labute approximate surface area is 112 Å². The van der Waals surface area contributed by atoms with Crippen LogP contribution in [0.15, 0.2) is 36.7 Å². The maximum atomic E-state index is 12.2. The molecular weight excluding hydrogens is 238 g/mol. The molecule has 2 aromatic rings. The summed E-state index contributed by atoms with van der Waals surface area (Å²) in [6.07, 6.45) is 5.93. The molecule has 0 saturated carbocycles. The number of para-hydroxylation sites is 1. The molecule has 19 heavy (non-hydrogen) atoms. The van der Waals surface area contributed by atoms with Crippen LogP contribution in [0.4, 0.5) is 5.69 Å². The van der Waals surface area contributed by atoms with Crippen LogP contribution in [0.5, 0.6) is 0 Å². The molecule has 1 aliphatic rings. The predicted molar refractivity (Wildman–Crippen MR) is 74.1 cm³/mol. The molecule has 1 N–H and O–H groups in total. The Morgan fingerprint density at radius 1 is 1.47 bits per heavy atom. The summed E-state index contributed by atoms with van der Waals surface area (Å²) in [7, 11) is 1.89. The van der Waals surface area contributed by atoms with Gasteiger partial charge in [-0.2, -0.15) is 5.10 Å². The van der Waals surface area contributed by atoms with E-state index in [1.165, 1.54) is 5.56 Å². The zero-order valence-corrected chi connectivity index (χ0v) is 11.0. The Bertz CT molecular complexity index is 578. The smallest absolute Gasteiger partial charge is 0.155 e. The van der Waals surface area contributed by atoms with Crippen molar-refractivity contribution in [2.24, 2.45) is 7.05 Å². The second-order valence-electron chi connectivity index (χ2n) is 5.05. The highest BCUT2D eigenvalue weighted by molar-refractivity contribution is 5.89. The Morgan fingerprint density at radius 2 is 2.32 bits per heavy atom. The lowest BCUT2D eigenvalue weighted by atomic mass is 10.0. The first-order chi connectivity index (χ1) is 9.22. The van der Waals surface area contributed by atoms with Gasteiger partial charge in [0.2, 0.25) is 0 Å². The minimum atomic E-state index is -0.0610. The molecule has 4 nitrogen and oxygen atoms in total. The summed E-state index contributed by atoms with van der Waals surface area (Å²) in [6.45, 7) is 0. The number of carbonyl (C=O) groups excluding carboxylic acids is 1. The fourth-order valence-corrected chi connectivity index (χ4v) is 2.53. The van der Waals surface area contributed by atoms with E-state index in [0.29, 0.717) is 6.42 Å². The van der Waals surface area contributed by atoms with Gasteiger partial charge < -0.3 is 5.32 Å². The molecule has 1 unspecified atom stereocenters. The summed E-state index contributed by atoms with van der Waals surface area (Å²) < 4.78 is 1.77. The number of Topliss-reactive ketones (excluding diaryl/α,β-unsaturated/α-hetero) is 1. The van der Waals surface area contributed by atoms with E-state index in [1.807, 2.05) is 37.6 Å². The van der Waals surface area contributed by atoms with Crippen LogP contribution in [-0.2, 0) is 24.7 Å². The number of rotatable bonds is 4. The van der Waals surface area contributed by atoms with Gasteiger partial charge in [-0.25, -0.2) is 0 Å². The van der Waals surface area contributed by atoms with Gasteiger partial charge in [0.1, 0.15) is 0 Å². The fourth-order valence-electron chi connectivity index (χ4n) is 2.53. The Kier molecular flexibility index (Phi) is 3.07. The SMILES string of the molecule is Cn1cc(CCC(=O)C2Cc3ccccc3N2)cn1. The second-order valence-corrected chi connectivity index (χ2v) is 5.05. The summed E-state index contributed by atoms with van der Waals surface area (Å²) in [5.41, 5.74) is 3.45. The van der Waals surface area contributed by atoms with Crippen molar-refractivity contribution in [1.82, 2.24) is 9.78 Å². The number of hydrogen-bond donors (Lipinski definition) is 1. The first-order valence-corrected chi connectivity index (χ1v) is 6.57. The zero-order chi connectivity index (χ0) is 13.2. The number of aromatic nitrogens is 2. The van der Waals surface area contributed by atoms with Gasteiger partial charge in [-0.15, -0.1) is 0 Å². The third-order valence-corrected chi connectivity index (χ3v) is 3.58. The van der Waals surface area contributed by atoms with Crippen LogP contribution in [0.3, 0.4) is 0 Å². The van der Waals surface area contributed by atoms with Crippen molar-refractivity contribution in [3.8, 4) is 0 Å². The number of nitrogens with one attached hydrogen (secondary N) is 1. The van der Waals surface area contributed by atoms with E-state index in [1.54, 1.807) is 4.68 Å².